The molecule has 2 rings (SSSR count). The molecule has 62 valence electrons. The Morgan fingerprint density at radius 1 is 1.64 bits per heavy atom. The summed E-state index contributed by atoms with van der Waals surface area (Å²) in [5.74, 6) is 0.0786. The molecule has 0 spiro atoms. The molecule has 2 fully saturated rings. The number of fused-ring (bicyclic) bond motifs is 2. The zero-order chi connectivity index (χ0) is 8.06. The van der Waals surface area contributed by atoms with E-state index in [-0.39, 0.29) is 4.83 Å². The van der Waals surface area contributed by atoms with Crippen molar-refractivity contribution in [2.75, 3.05) is 0 Å². The molecule has 2 bridgehead atoms. The Kier molecular flexibility index (Phi) is 1.53. The number of carbonyl (C=O) groups is 1. The molecule has 0 aliphatic heterocycles. The van der Waals surface area contributed by atoms with Crippen LogP contribution in [0.25, 0.3) is 0 Å². The lowest BCUT2D eigenvalue weighted by atomic mass is 9.84. The maximum absolute atomic E-state index is 11.0. The highest BCUT2D eigenvalue weighted by molar-refractivity contribution is 9.09. The predicted molar refractivity (Wildman–Crippen MR) is 44.7 cm³/mol. The van der Waals surface area contributed by atoms with Gasteiger partial charge >= 0.3 is 5.97 Å². The first kappa shape index (κ1) is 7.59. The molecule has 0 saturated heterocycles. The smallest absolute Gasteiger partial charge is 0.310 e. The monoisotopic (exact) mass is 218 g/mol. The highest BCUT2D eigenvalue weighted by atomic mass is 79.9. The SMILES string of the molecule is O=C(O)[C@@]12CC[C@@H](C[C@@H]1Br)C2. The van der Waals surface area contributed by atoms with E-state index < -0.39 is 11.4 Å². The summed E-state index contributed by atoms with van der Waals surface area (Å²) >= 11 is 3.47. The second-order valence-electron chi connectivity index (χ2n) is 3.77. The number of halogens is 1. The number of alkyl halides is 1. The van der Waals surface area contributed by atoms with Gasteiger partial charge in [-0.25, -0.2) is 0 Å². The maximum Gasteiger partial charge on any atom is 0.310 e. The van der Waals surface area contributed by atoms with Crippen molar-refractivity contribution in [3.63, 3.8) is 0 Å². The fourth-order valence-corrected chi connectivity index (χ4v) is 3.65. The normalized spacial score (nSPS) is 48.1. The number of aliphatic carboxylic acids is 1. The number of hydrogen-bond acceptors (Lipinski definition) is 1. The summed E-state index contributed by atoms with van der Waals surface area (Å²) in [6.07, 6.45) is 3.96. The Bertz CT molecular complexity index is 204. The van der Waals surface area contributed by atoms with Crippen LogP contribution in [0.4, 0.5) is 0 Å². The van der Waals surface area contributed by atoms with E-state index in [1.54, 1.807) is 0 Å². The van der Waals surface area contributed by atoms with E-state index in [2.05, 4.69) is 15.9 Å². The van der Waals surface area contributed by atoms with Crippen LogP contribution in [0.3, 0.4) is 0 Å². The van der Waals surface area contributed by atoms with Gasteiger partial charge in [0, 0.05) is 4.83 Å². The van der Waals surface area contributed by atoms with Gasteiger partial charge < -0.3 is 5.11 Å². The molecular weight excluding hydrogens is 208 g/mol. The van der Waals surface area contributed by atoms with Gasteiger partial charge in [-0.1, -0.05) is 15.9 Å². The van der Waals surface area contributed by atoms with Crippen LogP contribution in [0, 0.1) is 11.3 Å². The number of rotatable bonds is 1. The third-order valence-corrected chi connectivity index (χ3v) is 4.47. The van der Waals surface area contributed by atoms with Crippen LogP contribution in [0.15, 0.2) is 0 Å². The van der Waals surface area contributed by atoms with Crippen molar-refractivity contribution >= 4 is 21.9 Å². The molecule has 0 radical (unpaired) electrons. The Labute approximate surface area is 74.1 Å². The number of hydrogen-bond donors (Lipinski definition) is 1. The van der Waals surface area contributed by atoms with Crippen LogP contribution in [0.2, 0.25) is 0 Å². The molecule has 2 nitrogen and oxygen atoms in total. The summed E-state index contributed by atoms with van der Waals surface area (Å²) in [6, 6.07) is 0. The molecule has 2 aliphatic rings. The summed E-state index contributed by atoms with van der Waals surface area (Å²) in [4.78, 5) is 11.2. The molecule has 2 aliphatic carbocycles. The largest absolute Gasteiger partial charge is 0.481 e. The van der Waals surface area contributed by atoms with Crippen molar-refractivity contribution in [3.8, 4) is 0 Å². The summed E-state index contributed by atoms with van der Waals surface area (Å²) < 4.78 is 0. The third kappa shape index (κ3) is 0.866. The second-order valence-corrected chi connectivity index (χ2v) is 4.88. The fraction of sp³-hybridized carbons (Fsp3) is 0.875. The number of carboxylic acid groups (broad SMARTS) is 1. The average Bonchev–Trinajstić information content (AvgIpc) is 2.43. The zero-order valence-corrected chi connectivity index (χ0v) is 7.80. The highest BCUT2D eigenvalue weighted by Gasteiger charge is 2.56. The zero-order valence-electron chi connectivity index (χ0n) is 6.22. The van der Waals surface area contributed by atoms with Gasteiger partial charge in [-0.05, 0) is 31.6 Å². The summed E-state index contributed by atoms with van der Waals surface area (Å²) in [5.41, 5.74) is -0.398. The van der Waals surface area contributed by atoms with E-state index in [0.29, 0.717) is 5.92 Å². The van der Waals surface area contributed by atoms with Gasteiger partial charge in [-0.2, -0.15) is 0 Å². The van der Waals surface area contributed by atoms with Crippen LogP contribution >= 0.6 is 15.9 Å². The van der Waals surface area contributed by atoms with Crippen molar-refractivity contribution in [3.05, 3.63) is 0 Å². The molecule has 0 unspecified atom stereocenters. The summed E-state index contributed by atoms with van der Waals surface area (Å²) in [7, 11) is 0. The van der Waals surface area contributed by atoms with Gasteiger partial charge in [0.1, 0.15) is 0 Å². The van der Waals surface area contributed by atoms with Gasteiger partial charge in [0.25, 0.3) is 0 Å². The molecule has 3 heteroatoms. The lowest BCUT2D eigenvalue weighted by Gasteiger charge is -2.26. The molecular formula is C8H11BrO2. The molecule has 3 atom stereocenters. The van der Waals surface area contributed by atoms with Crippen LogP contribution in [-0.2, 0) is 4.79 Å². The molecule has 2 saturated carbocycles. The first-order valence-electron chi connectivity index (χ1n) is 4.02. The topological polar surface area (TPSA) is 37.3 Å². The van der Waals surface area contributed by atoms with Gasteiger partial charge in [0.15, 0.2) is 0 Å². The fourth-order valence-electron chi connectivity index (χ4n) is 2.51. The minimum absolute atomic E-state index is 0.228. The van der Waals surface area contributed by atoms with Crippen molar-refractivity contribution in [1.29, 1.82) is 0 Å². The Balaban J connectivity index is 2.29. The van der Waals surface area contributed by atoms with E-state index in [1.165, 1.54) is 0 Å². The van der Waals surface area contributed by atoms with Crippen LogP contribution in [0.5, 0.6) is 0 Å². The Morgan fingerprint density at radius 3 is 2.64 bits per heavy atom. The van der Waals surface area contributed by atoms with Gasteiger partial charge in [0.05, 0.1) is 5.41 Å². The van der Waals surface area contributed by atoms with Crippen molar-refractivity contribution < 1.29 is 9.90 Å². The van der Waals surface area contributed by atoms with Gasteiger partial charge in [0.2, 0.25) is 0 Å². The lowest BCUT2D eigenvalue weighted by Crippen LogP contribution is -2.34. The van der Waals surface area contributed by atoms with Gasteiger partial charge in [-0.3, -0.25) is 4.79 Å². The van der Waals surface area contributed by atoms with Crippen LogP contribution < -0.4 is 0 Å². The van der Waals surface area contributed by atoms with E-state index in [4.69, 9.17) is 5.11 Å². The van der Waals surface area contributed by atoms with E-state index >= 15 is 0 Å². The van der Waals surface area contributed by atoms with Crippen molar-refractivity contribution in [2.24, 2.45) is 11.3 Å². The molecule has 0 aromatic carbocycles. The molecule has 0 aromatic rings. The van der Waals surface area contributed by atoms with E-state index in [9.17, 15) is 4.79 Å². The van der Waals surface area contributed by atoms with E-state index in [0.717, 1.165) is 25.7 Å². The molecule has 0 amide bonds. The molecule has 0 heterocycles. The summed E-state index contributed by atoms with van der Waals surface area (Å²) in [6.45, 7) is 0. The molecule has 11 heavy (non-hydrogen) atoms. The Morgan fingerprint density at radius 2 is 2.36 bits per heavy atom. The average molecular weight is 219 g/mol. The quantitative estimate of drug-likeness (QED) is 0.685. The first-order valence-corrected chi connectivity index (χ1v) is 4.94. The molecule has 0 aromatic heterocycles. The maximum atomic E-state index is 11.0. The highest BCUT2D eigenvalue weighted by Crippen LogP contribution is 2.56. The van der Waals surface area contributed by atoms with Crippen molar-refractivity contribution in [1.82, 2.24) is 0 Å². The number of carboxylic acids is 1. The summed E-state index contributed by atoms with van der Waals surface area (Å²) in [5, 5.41) is 9.03. The minimum atomic E-state index is -0.598. The van der Waals surface area contributed by atoms with Crippen LogP contribution in [-0.4, -0.2) is 15.9 Å². The third-order valence-electron chi connectivity index (χ3n) is 3.22. The Hall–Kier alpha value is -0.0500. The standard InChI is InChI=1S/C8H11BrO2/c9-6-3-5-1-2-8(6,4-5)7(10)11/h5-6H,1-4H2,(H,10,11)/t5-,6-,8+/m0/s1. The first-order chi connectivity index (χ1) is 5.15. The van der Waals surface area contributed by atoms with Gasteiger partial charge in [-0.15, -0.1) is 0 Å². The second kappa shape index (κ2) is 2.22. The molecule has 1 N–H and O–H groups in total. The lowest BCUT2D eigenvalue weighted by molar-refractivity contribution is -0.147. The van der Waals surface area contributed by atoms with E-state index in [1.807, 2.05) is 0 Å². The van der Waals surface area contributed by atoms with Crippen LogP contribution in [0.1, 0.15) is 25.7 Å². The van der Waals surface area contributed by atoms with Crippen molar-refractivity contribution in [2.45, 2.75) is 30.5 Å². The predicted octanol–water partition coefficient (Wildman–Crippen LogP) is 2.02. The minimum Gasteiger partial charge on any atom is -0.481 e.